The third-order valence-corrected chi connectivity index (χ3v) is 2.30. The zero-order valence-electron chi connectivity index (χ0n) is 10.9. The molecule has 0 fully saturated rings. The molecule has 0 saturated heterocycles. The van der Waals surface area contributed by atoms with Crippen molar-refractivity contribution in [3.8, 4) is 0 Å². The lowest BCUT2D eigenvalue weighted by atomic mass is 10.1. The Balaban J connectivity index is 2.56. The number of hydrogen-bond donors (Lipinski definition) is 2. The molecule has 1 rings (SSSR count). The Hall–Kier alpha value is -2.10. The fraction of sp³-hybridized carbons (Fsp3) is 0.286. The monoisotopic (exact) mass is 246 g/mol. The van der Waals surface area contributed by atoms with Gasteiger partial charge < -0.3 is 10.6 Å². The van der Waals surface area contributed by atoms with E-state index in [9.17, 15) is 9.59 Å². The molecule has 2 amide bonds. The predicted molar refractivity (Wildman–Crippen MR) is 72.9 cm³/mol. The van der Waals surface area contributed by atoms with Gasteiger partial charge in [-0.25, -0.2) is 4.79 Å². The number of carbonyl (C=O) groups excluding carboxylic acids is 2. The predicted octanol–water partition coefficient (Wildman–Crippen LogP) is 2.98. The summed E-state index contributed by atoms with van der Waals surface area (Å²) in [7, 11) is 0. The molecule has 96 valence electrons. The third-order valence-electron chi connectivity index (χ3n) is 2.30. The van der Waals surface area contributed by atoms with Crippen molar-refractivity contribution < 1.29 is 9.59 Å². The number of allylic oxidation sites excluding steroid dienone is 1. The lowest BCUT2D eigenvalue weighted by molar-refractivity contribution is 0.101. The summed E-state index contributed by atoms with van der Waals surface area (Å²) < 4.78 is 0. The molecule has 0 heterocycles. The molecule has 0 radical (unpaired) electrons. The first-order chi connectivity index (χ1) is 8.49. The Morgan fingerprint density at radius 3 is 2.56 bits per heavy atom. The van der Waals surface area contributed by atoms with E-state index in [0.29, 0.717) is 17.8 Å². The van der Waals surface area contributed by atoms with E-state index in [2.05, 4.69) is 10.6 Å². The number of urea groups is 1. The van der Waals surface area contributed by atoms with Crippen LogP contribution < -0.4 is 10.6 Å². The summed E-state index contributed by atoms with van der Waals surface area (Å²) in [6, 6.07) is 6.57. The van der Waals surface area contributed by atoms with Gasteiger partial charge in [-0.3, -0.25) is 4.79 Å². The van der Waals surface area contributed by atoms with Crippen LogP contribution in [0.1, 0.15) is 31.1 Å². The number of anilines is 1. The van der Waals surface area contributed by atoms with Crippen molar-refractivity contribution in [1.82, 2.24) is 5.32 Å². The second-order valence-corrected chi connectivity index (χ2v) is 4.25. The first-order valence-corrected chi connectivity index (χ1v) is 5.78. The van der Waals surface area contributed by atoms with Crippen molar-refractivity contribution >= 4 is 17.5 Å². The number of carbonyl (C=O) groups is 2. The van der Waals surface area contributed by atoms with Crippen LogP contribution in [0, 0.1) is 0 Å². The van der Waals surface area contributed by atoms with Gasteiger partial charge in [-0.15, -0.1) is 0 Å². The average Bonchev–Trinajstić information content (AvgIpc) is 2.28. The second-order valence-electron chi connectivity index (χ2n) is 4.25. The molecule has 0 atom stereocenters. The quantitative estimate of drug-likeness (QED) is 0.634. The lowest BCUT2D eigenvalue weighted by Crippen LogP contribution is -2.28. The van der Waals surface area contributed by atoms with Gasteiger partial charge in [-0.2, -0.15) is 0 Å². The van der Waals surface area contributed by atoms with Crippen LogP contribution in [0.25, 0.3) is 0 Å². The lowest BCUT2D eigenvalue weighted by Gasteiger charge is -2.07. The van der Waals surface area contributed by atoms with Crippen molar-refractivity contribution in [3.63, 3.8) is 0 Å². The Kier molecular flexibility index (Phi) is 5.11. The topological polar surface area (TPSA) is 58.2 Å². The van der Waals surface area contributed by atoms with Gasteiger partial charge in [0, 0.05) is 17.8 Å². The molecule has 0 aliphatic heterocycles. The van der Waals surface area contributed by atoms with Gasteiger partial charge in [0.25, 0.3) is 0 Å². The normalized spacial score (nSPS) is 9.50. The van der Waals surface area contributed by atoms with E-state index in [4.69, 9.17) is 0 Å². The number of nitrogens with one attached hydrogen (secondary N) is 2. The largest absolute Gasteiger partial charge is 0.334 e. The minimum absolute atomic E-state index is 0.0244. The van der Waals surface area contributed by atoms with Gasteiger partial charge in [0.2, 0.25) is 0 Å². The summed E-state index contributed by atoms with van der Waals surface area (Å²) in [5.41, 5.74) is 2.34. The van der Waals surface area contributed by atoms with E-state index in [1.807, 2.05) is 19.9 Å². The van der Waals surface area contributed by atoms with Crippen LogP contribution in [-0.2, 0) is 0 Å². The summed E-state index contributed by atoms with van der Waals surface area (Å²) >= 11 is 0. The van der Waals surface area contributed by atoms with Crippen LogP contribution in [0.15, 0.2) is 35.9 Å². The fourth-order valence-corrected chi connectivity index (χ4v) is 1.34. The average molecular weight is 246 g/mol. The molecule has 0 aliphatic carbocycles. The molecule has 4 heteroatoms. The summed E-state index contributed by atoms with van der Waals surface area (Å²) in [5.74, 6) is -0.0244. The maximum Gasteiger partial charge on any atom is 0.319 e. The molecule has 0 saturated carbocycles. The van der Waals surface area contributed by atoms with Crippen molar-refractivity contribution in [2.45, 2.75) is 20.8 Å². The van der Waals surface area contributed by atoms with E-state index < -0.39 is 0 Å². The number of hydrogen-bond acceptors (Lipinski definition) is 2. The van der Waals surface area contributed by atoms with Gasteiger partial charge in [0.15, 0.2) is 5.78 Å². The van der Waals surface area contributed by atoms with Crippen LogP contribution in [0.4, 0.5) is 10.5 Å². The highest BCUT2D eigenvalue weighted by molar-refractivity contribution is 5.96. The zero-order chi connectivity index (χ0) is 13.5. The van der Waals surface area contributed by atoms with Crippen LogP contribution in [0.3, 0.4) is 0 Å². The van der Waals surface area contributed by atoms with E-state index in [-0.39, 0.29) is 11.8 Å². The molecule has 2 N–H and O–H groups in total. The summed E-state index contributed by atoms with van der Waals surface area (Å²) in [6.45, 7) is 5.92. The second kappa shape index (κ2) is 6.59. The number of Topliss-reactive ketones (excluding diaryl/α,β-unsaturated/α-hetero) is 1. The number of rotatable bonds is 4. The van der Waals surface area contributed by atoms with Crippen molar-refractivity contribution in [1.29, 1.82) is 0 Å². The van der Waals surface area contributed by atoms with Gasteiger partial charge in [0.05, 0.1) is 0 Å². The highest BCUT2D eigenvalue weighted by Crippen LogP contribution is 2.10. The van der Waals surface area contributed by atoms with Crippen molar-refractivity contribution in [2.75, 3.05) is 11.9 Å². The minimum Gasteiger partial charge on any atom is -0.334 e. The molecule has 0 bridgehead atoms. The molecule has 18 heavy (non-hydrogen) atoms. The van der Waals surface area contributed by atoms with Crippen LogP contribution in [-0.4, -0.2) is 18.4 Å². The van der Waals surface area contributed by atoms with Gasteiger partial charge >= 0.3 is 6.03 Å². The maximum atomic E-state index is 11.5. The van der Waals surface area contributed by atoms with Crippen molar-refractivity contribution in [3.05, 3.63) is 41.5 Å². The van der Waals surface area contributed by atoms with Crippen LogP contribution >= 0.6 is 0 Å². The molecule has 0 aliphatic rings. The van der Waals surface area contributed by atoms with Gasteiger partial charge in [-0.05, 0) is 32.9 Å². The highest BCUT2D eigenvalue weighted by atomic mass is 16.2. The molecule has 1 aromatic carbocycles. The Bertz CT molecular complexity index is 474. The Morgan fingerprint density at radius 2 is 1.94 bits per heavy atom. The molecular weight excluding hydrogens is 228 g/mol. The van der Waals surface area contributed by atoms with Gasteiger partial charge in [0.1, 0.15) is 0 Å². The number of ketones is 1. The Morgan fingerprint density at radius 1 is 1.22 bits per heavy atom. The smallest absolute Gasteiger partial charge is 0.319 e. The molecule has 0 unspecified atom stereocenters. The fourth-order valence-electron chi connectivity index (χ4n) is 1.34. The maximum absolute atomic E-state index is 11.5. The van der Waals surface area contributed by atoms with Crippen LogP contribution in [0.5, 0.6) is 0 Å². The van der Waals surface area contributed by atoms with Crippen molar-refractivity contribution in [2.24, 2.45) is 0 Å². The number of benzene rings is 1. The standard InChI is InChI=1S/C14H18N2O2/c1-10(2)7-8-15-14(18)16-13-6-4-5-12(9-13)11(3)17/h4-7,9H,8H2,1-3H3,(H2,15,16,18). The Labute approximate surface area is 107 Å². The summed E-state index contributed by atoms with van der Waals surface area (Å²) in [5, 5.41) is 5.38. The first-order valence-electron chi connectivity index (χ1n) is 5.78. The highest BCUT2D eigenvalue weighted by Gasteiger charge is 2.03. The molecule has 1 aromatic rings. The molecule has 0 spiro atoms. The third kappa shape index (κ3) is 4.82. The minimum atomic E-state index is -0.284. The summed E-state index contributed by atoms with van der Waals surface area (Å²) in [4.78, 5) is 22.7. The molecule has 0 aromatic heterocycles. The van der Waals surface area contributed by atoms with E-state index in [1.54, 1.807) is 24.3 Å². The van der Waals surface area contributed by atoms with E-state index in [0.717, 1.165) is 5.57 Å². The SMILES string of the molecule is CC(=O)c1cccc(NC(=O)NCC=C(C)C)c1. The molecule has 4 nitrogen and oxygen atoms in total. The van der Waals surface area contributed by atoms with Crippen LogP contribution in [0.2, 0.25) is 0 Å². The van der Waals surface area contributed by atoms with Gasteiger partial charge in [-0.1, -0.05) is 23.8 Å². The van der Waals surface area contributed by atoms with E-state index >= 15 is 0 Å². The molecular formula is C14H18N2O2. The summed E-state index contributed by atoms with van der Waals surface area (Å²) in [6.07, 6.45) is 1.92. The zero-order valence-corrected chi connectivity index (χ0v) is 10.9. The first kappa shape index (κ1) is 14.0. The van der Waals surface area contributed by atoms with E-state index in [1.165, 1.54) is 6.92 Å². The number of amides is 2.